The van der Waals surface area contributed by atoms with Crippen molar-refractivity contribution < 1.29 is 137 Å². The minimum atomic E-state index is -6.15. The third kappa shape index (κ3) is 12.0. The van der Waals surface area contributed by atoms with Crippen molar-refractivity contribution in [1.29, 1.82) is 0 Å². The van der Waals surface area contributed by atoms with E-state index in [1.54, 1.807) is 0 Å². The molecule has 2 rings (SSSR count). The molecule has 0 spiro atoms. The summed E-state index contributed by atoms with van der Waals surface area (Å²) in [6.07, 6.45) is -5.66. The molecule has 1 aliphatic rings. The molecule has 4 N–H and O–H groups in total. The first-order valence-corrected chi connectivity index (χ1v) is 11.6. The Hall–Kier alpha value is 1.36. The van der Waals surface area contributed by atoms with Gasteiger partial charge in [0.2, 0.25) is 0 Å². The Morgan fingerprint density at radius 3 is 2.06 bits per heavy atom. The van der Waals surface area contributed by atoms with E-state index in [1.165, 1.54) is 6.07 Å². The number of rotatable bonds is 8. The monoisotopic (exact) mass is 507 g/mol. The number of phosphoric acid groups is 3. The summed E-state index contributed by atoms with van der Waals surface area (Å²) in [7, 11) is -18.1. The van der Waals surface area contributed by atoms with Gasteiger partial charge in [-0.15, -0.1) is 0 Å². The Labute approximate surface area is 233 Å². The Kier molecular flexibility index (Phi) is 17.6. The van der Waals surface area contributed by atoms with Crippen LogP contribution >= 0.6 is 23.5 Å². The van der Waals surface area contributed by atoms with Crippen LogP contribution in [0.2, 0.25) is 0 Å². The van der Waals surface area contributed by atoms with Gasteiger partial charge < -0.3 is 49.3 Å². The fourth-order valence-electron chi connectivity index (χ4n) is 2.16. The number of aromatic nitrogens is 2. The molecule has 24 heteroatoms. The molecule has 6 unspecified atom stereocenters. The van der Waals surface area contributed by atoms with Gasteiger partial charge in [-0.3, -0.25) is 18.0 Å². The Morgan fingerprint density at radius 2 is 1.58 bits per heavy atom. The third-order valence-electron chi connectivity index (χ3n) is 3.26. The Balaban J connectivity index is -0.00000225. The maximum atomic E-state index is 11.8. The Morgan fingerprint density at radius 1 is 1.03 bits per heavy atom. The van der Waals surface area contributed by atoms with Gasteiger partial charge in [-0.2, -0.15) is 4.98 Å². The van der Waals surface area contributed by atoms with E-state index < -0.39 is 60.3 Å². The second kappa shape index (κ2) is 14.9. The number of hydrogen-bond acceptors (Lipinski definition) is 16. The molecule has 33 heavy (non-hydrogen) atoms. The van der Waals surface area contributed by atoms with Crippen LogP contribution < -0.4 is 106 Å². The second-order valence-electron chi connectivity index (χ2n) is 5.39. The van der Waals surface area contributed by atoms with Crippen molar-refractivity contribution in [3.63, 3.8) is 0 Å². The van der Waals surface area contributed by atoms with Crippen LogP contribution in [0.25, 0.3) is 0 Å². The summed E-state index contributed by atoms with van der Waals surface area (Å²) in [5, 5.41) is 19.9. The van der Waals surface area contributed by atoms with E-state index in [9.17, 15) is 48.3 Å². The van der Waals surface area contributed by atoms with Crippen molar-refractivity contribution in [2.75, 3.05) is 12.3 Å². The number of aliphatic hydroxyl groups excluding tert-OH is 2. The van der Waals surface area contributed by atoms with Crippen LogP contribution in [0.3, 0.4) is 0 Å². The van der Waals surface area contributed by atoms with E-state index in [1.807, 2.05) is 0 Å². The molecular weight excluding hydrogens is 495 g/mol. The summed E-state index contributed by atoms with van der Waals surface area (Å²) < 4.78 is 49.1. The maximum Gasteiger partial charge on any atom is 1.00 e. The van der Waals surface area contributed by atoms with Gasteiger partial charge in [-0.25, -0.2) is 9.11 Å². The largest absolute Gasteiger partial charge is 1.00 e. The Bertz CT molecular complexity index is 963. The van der Waals surface area contributed by atoms with Crippen LogP contribution in [-0.2, 0) is 31.6 Å². The molecule has 1 aromatic rings. The van der Waals surface area contributed by atoms with E-state index in [2.05, 4.69) is 18.1 Å². The molecule has 0 amide bonds. The number of nitrogen functional groups attached to an aromatic ring is 1. The maximum absolute atomic E-state index is 11.8. The molecule has 0 saturated carbocycles. The van der Waals surface area contributed by atoms with E-state index >= 15 is 0 Å². The van der Waals surface area contributed by atoms with Gasteiger partial charge in [0.25, 0.3) is 15.6 Å². The van der Waals surface area contributed by atoms with Crippen molar-refractivity contribution in [3.05, 3.63) is 22.7 Å². The van der Waals surface area contributed by atoms with Gasteiger partial charge in [0.1, 0.15) is 24.1 Å². The average molecular weight is 507 g/mol. The first-order valence-electron chi connectivity index (χ1n) is 7.18. The zero-order valence-corrected chi connectivity index (χ0v) is 20.5. The van der Waals surface area contributed by atoms with Crippen LogP contribution in [-0.4, -0.2) is 44.7 Å². The van der Waals surface area contributed by atoms with Gasteiger partial charge >= 0.3 is 81.1 Å². The van der Waals surface area contributed by atoms with Crippen molar-refractivity contribution >= 4 is 29.3 Å². The molecule has 0 bridgehead atoms. The van der Waals surface area contributed by atoms with E-state index in [0.717, 1.165) is 10.8 Å². The zero-order valence-electron chi connectivity index (χ0n) is 17.8. The summed E-state index contributed by atoms with van der Waals surface area (Å²) in [6.45, 7) is -1.14. The smallest absolute Gasteiger partial charge is 0.790 e. The first kappa shape index (κ1) is 38.9. The quantitative estimate of drug-likeness (QED) is 0.217. The molecular formula is C9H12Li4N3O14P3. The number of anilines is 1. The topological polar surface area (TPSA) is 282 Å². The zero-order chi connectivity index (χ0) is 22.2. The van der Waals surface area contributed by atoms with Gasteiger partial charge in [0.15, 0.2) is 6.23 Å². The van der Waals surface area contributed by atoms with Crippen LogP contribution in [0.1, 0.15) is 6.23 Å². The van der Waals surface area contributed by atoms with Crippen LogP contribution in [0.15, 0.2) is 17.1 Å². The standard InChI is InChI=1S/C9H16N3O14P3.4Li/c10-5-1-2-12(9(15)11-5)8-7(14)6(13)4(24-8)3-23-28(19,20)26-29(21,22)25-27(16,17)18;;;;/h1-2,4,6-8,13-14H,3H2,(H,19,20)(H,21,22)(H2,10,11,15)(H2,16,17,18);;;;/q;4*+1/p-4. The number of nitrogens with zero attached hydrogens (tertiary/aromatic N) is 2. The molecule has 2 heterocycles. The normalized spacial score (nSPS) is 25.8. The SMILES string of the molecule is Nc1ccn(C2OC(COP(=O)([O-])OP(=O)([O-])OP(=O)([O-])[O-])C(O)C2O)c(=O)n1.[Li+].[Li+].[Li+].[Li+]. The molecule has 1 saturated heterocycles. The fourth-order valence-corrected chi connectivity index (χ4v) is 5.03. The summed E-state index contributed by atoms with van der Waals surface area (Å²) in [6, 6.07) is 1.17. The summed E-state index contributed by atoms with van der Waals surface area (Å²) in [5.41, 5.74) is 4.34. The number of nitrogens with two attached hydrogens (primary N) is 1. The van der Waals surface area contributed by atoms with Crippen molar-refractivity contribution in [1.82, 2.24) is 9.55 Å². The van der Waals surface area contributed by atoms with Crippen LogP contribution in [0, 0.1) is 0 Å². The second-order valence-corrected chi connectivity index (χ2v) is 9.64. The molecule has 1 fully saturated rings. The average Bonchev–Trinajstić information content (AvgIpc) is 2.78. The number of aliphatic hydroxyl groups is 2. The van der Waals surface area contributed by atoms with Crippen molar-refractivity contribution in [2.24, 2.45) is 0 Å². The molecule has 166 valence electrons. The van der Waals surface area contributed by atoms with Gasteiger partial charge in [0.05, 0.1) is 14.4 Å². The van der Waals surface area contributed by atoms with Crippen LogP contribution in [0.4, 0.5) is 5.82 Å². The van der Waals surface area contributed by atoms with Gasteiger partial charge in [-0.1, -0.05) is 0 Å². The number of hydrogen-bond donors (Lipinski definition) is 3. The number of ether oxygens (including phenoxy) is 1. The minimum Gasteiger partial charge on any atom is -0.790 e. The van der Waals surface area contributed by atoms with Gasteiger partial charge in [0, 0.05) is 6.20 Å². The number of phosphoric ester groups is 1. The molecule has 1 aromatic heterocycles. The van der Waals surface area contributed by atoms with Crippen LogP contribution in [0.5, 0.6) is 0 Å². The summed E-state index contributed by atoms with van der Waals surface area (Å²) >= 11 is 0. The molecule has 0 radical (unpaired) electrons. The van der Waals surface area contributed by atoms with Crippen molar-refractivity contribution in [2.45, 2.75) is 24.5 Å². The van der Waals surface area contributed by atoms with E-state index in [-0.39, 0.29) is 81.3 Å². The predicted octanol–water partition coefficient (Wildman–Crippen LogP) is -16.7. The molecule has 0 aliphatic carbocycles. The first-order chi connectivity index (χ1) is 13.1. The van der Waals surface area contributed by atoms with Crippen molar-refractivity contribution in [3.8, 4) is 0 Å². The van der Waals surface area contributed by atoms with E-state index in [0.29, 0.717) is 0 Å². The molecule has 17 nitrogen and oxygen atoms in total. The molecule has 1 aliphatic heterocycles. The fraction of sp³-hybridized carbons (Fsp3) is 0.556. The summed E-state index contributed by atoms with van der Waals surface area (Å²) in [4.78, 5) is 58.2. The summed E-state index contributed by atoms with van der Waals surface area (Å²) in [5.74, 6) is -0.145. The molecule has 0 aromatic carbocycles. The molecule has 6 atom stereocenters. The predicted molar refractivity (Wildman–Crippen MR) is 79.8 cm³/mol. The van der Waals surface area contributed by atoms with E-state index in [4.69, 9.17) is 10.5 Å². The minimum absolute atomic E-state index is 0. The third-order valence-corrected chi connectivity index (χ3v) is 6.93. The van der Waals surface area contributed by atoms with Gasteiger partial charge in [-0.05, 0) is 6.07 Å².